The zero-order valence-electron chi connectivity index (χ0n) is 19.7. The van der Waals surface area contributed by atoms with Crippen molar-refractivity contribution in [2.45, 2.75) is 44.0 Å². The van der Waals surface area contributed by atoms with Crippen LogP contribution in [0.2, 0.25) is 0 Å². The van der Waals surface area contributed by atoms with Gasteiger partial charge in [0.25, 0.3) is 6.10 Å². The molecule has 1 aromatic carbocycles. The summed E-state index contributed by atoms with van der Waals surface area (Å²) in [6, 6.07) is 3.14. The zero-order valence-corrected chi connectivity index (χ0v) is 19.7. The van der Waals surface area contributed by atoms with E-state index >= 15 is 0 Å². The standard InChI is InChI=1S/C22H24F9N3O4/c23-20(24,25)15-2-1-14(16(11-15)33-5-3-13(4-6-33)17(35)36)12-32-7-9-34(10-8-32)19(37)38-18(21(26,27)28)22(29,30)31/h1-2,11,13,18H,3-10,12H2,(H,35,36). The summed E-state index contributed by atoms with van der Waals surface area (Å²) in [5.41, 5.74) is -0.172. The van der Waals surface area contributed by atoms with Crippen molar-refractivity contribution in [3.05, 3.63) is 29.3 Å². The van der Waals surface area contributed by atoms with Crippen LogP contribution in [-0.2, 0) is 22.3 Å². The number of carboxylic acids is 1. The summed E-state index contributed by atoms with van der Waals surface area (Å²) in [7, 11) is 0. The Labute approximate surface area is 210 Å². The van der Waals surface area contributed by atoms with Crippen molar-refractivity contribution in [3.8, 4) is 0 Å². The Morgan fingerprint density at radius 1 is 0.895 bits per heavy atom. The topological polar surface area (TPSA) is 73.3 Å². The third-order valence-electron chi connectivity index (χ3n) is 6.44. The molecular weight excluding hydrogens is 541 g/mol. The number of piperazine rings is 1. The van der Waals surface area contributed by atoms with Gasteiger partial charge in [0.15, 0.2) is 0 Å². The number of aliphatic carboxylic acids is 1. The Morgan fingerprint density at radius 2 is 1.45 bits per heavy atom. The number of rotatable bonds is 5. The van der Waals surface area contributed by atoms with Crippen LogP contribution in [0.1, 0.15) is 24.0 Å². The van der Waals surface area contributed by atoms with Gasteiger partial charge >= 0.3 is 30.6 Å². The van der Waals surface area contributed by atoms with Crippen LogP contribution in [0.25, 0.3) is 0 Å². The number of nitrogens with zero attached hydrogens (tertiary/aromatic N) is 3. The summed E-state index contributed by atoms with van der Waals surface area (Å²) < 4.78 is 120. The van der Waals surface area contributed by atoms with Crippen LogP contribution in [0.15, 0.2) is 18.2 Å². The highest BCUT2D eigenvalue weighted by atomic mass is 19.4. The molecule has 0 aliphatic carbocycles. The Bertz CT molecular complexity index is 983. The molecule has 1 aromatic rings. The van der Waals surface area contributed by atoms with Crippen LogP contribution in [0.4, 0.5) is 50.0 Å². The second-order valence-corrected chi connectivity index (χ2v) is 9.05. The van der Waals surface area contributed by atoms with Gasteiger partial charge in [-0.2, -0.15) is 39.5 Å². The Morgan fingerprint density at radius 3 is 1.92 bits per heavy atom. The maximum absolute atomic E-state index is 13.4. The van der Waals surface area contributed by atoms with Crippen LogP contribution in [0.5, 0.6) is 0 Å². The molecule has 0 bridgehead atoms. The summed E-state index contributed by atoms with van der Waals surface area (Å²) in [4.78, 5) is 27.2. The van der Waals surface area contributed by atoms with E-state index in [-0.39, 0.29) is 64.3 Å². The Kier molecular flexibility index (Phi) is 8.63. The molecule has 2 aliphatic heterocycles. The largest absolute Gasteiger partial charge is 0.481 e. The highest BCUT2D eigenvalue weighted by Crippen LogP contribution is 2.37. The molecule has 0 spiro atoms. The number of carboxylic acid groups (broad SMARTS) is 1. The lowest BCUT2D eigenvalue weighted by Gasteiger charge is -2.37. The summed E-state index contributed by atoms with van der Waals surface area (Å²) in [5.74, 6) is -1.59. The first-order valence-electron chi connectivity index (χ1n) is 11.5. The monoisotopic (exact) mass is 565 g/mol. The van der Waals surface area contributed by atoms with Gasteiger partial charge in [0.2, 0.25) is 0 Å². The molecule has 0 aromatic heterocycles. The van der Waals surface area contributed by atoms with E-state index in [1.807, 2.05) is 0 Å². The van der Waals surface area contributed by atoms with Crippen molar-refractivity contribution < 1.29 is 58.9 Å². The average molecular weight is 565 g/mol. The van der Waals surface area contributed by atoms with E-state index < -0.39 is 48.2 Å². The number of hydrogen-bond donors (Lipinski definition) is 1. The lowest BCUT2D eigenvalue weighted by Crippen LogP contribution is -2.52. The number of ether oxygens (including phenoxy) is 1. The minimum atomic E-state index is -5.84. The van der Waals surface area contributed by atoms with Gasteiger partial charge in [-0.1, -0.05) is 6.07 Å². The lowest BCUT2D eigenvalue weighted by atomic mass is 9.95. The SMILES string of the molecule is O=C(O)C1CCN(c2cc(C(F)(F)F)ccc2CN2CCN(C(=O)OC(C(F)(F)F)C(F)(F)F)CC2)CC1. The molecule has 1 N–H and O–H groups in total. The maximum atomic E-state index is 13.4. The van der Waals surface area contributed by atoms with Crippen LogP contribution in [0, 0.1) is 5.92 Å². The fourth-order valence-electron chi connectivity index (χ4n) is 4.36. The lowest BCUT2D eigenvalue weighted by molar-refractivity contribution is -0.308. The number of alkyl halides is 9. The molecule has 0 unspecified atom stereocenters. The summed E-state index contributed by atoms with van der Waals surface area (Å²) >= 11 is 0. The van der Waals surface area contributed by atoms with Crippen molar-refractivity contribution in [3.63, 3.8) is 0 Å². The number of carbonyl (C=O) groups is 2. The summed E-state index contributed by atoms with van der Waals surface area (Å²) in [5, 5.41) is 9.18. The molecular formula is C22H24F9N3O4. The molecule has 2 saturated heterocycles. The number of hydrogen-bond acceptors (Lipinski definition) is 5. The third kappa shape index (κ3) is 7.35. The van der Waals surface area contributed by atoms with Crippen LogP contribution in [-0.4, -0.2) is 84.7 Å². The molecule has 1 amide bonds. The molecule has 3 rings (SSSR count). The first-order chi connectivity index (χ1) is 17.5. The molecule has 0 saturated carbocycles. The van der Waals surface area contributed by atoms with E-state index in [1.54, 1.807) is 9.80 Å². The minimum Gasteiger partial charge on any atom is -0.481 e. The molecule has 0 radical (unpaired) electrons. The van der Waals surface area contributed by atoms with Gasteiger partial charge in [0.05, 0.1) is 11.5 Å². The molecule has 2 aliphatic rings. The second kappa shape index (κ2) is 11.1. The first-order valence-corrected chi connectivity index (χ1v) is 11.5. The number of halogens is 9. The van der Waals surface area contributed by atoms with Crippen LogP contribution < -0.4 is 4.90 Å². The van der Waals surface area contributed by atoms with Crippen molar-refractivity contribution in [2.75, 3.05) is 44.2 Å². The zero-order chi connectivity index (χ0) is 28.5. The number of anilines is 1. The molecule has 2 fully saturated rings. The molecule has 0 atom stereocenters. The number of piperidine rings is 1. The van der Waals surface area contributed by atoms with Gasteiger partial charge in [-0.05, 0) is 30.5 Å². The normalized spacial score (nSPS) is 18.7. The first kappa shape index (κ1) is 29.6. The highest BCUT2D eigenvalue weighted by Gasteiger charge is 2.60. The fraction of sp³-hybridized carbons (Fsp3) is 0.636. The van der Waals surface area contributed by atoms with Crippen molar-refractivity contribution in [1.29, 1.82) is 0 Å². The van der Waals surface area contributed by atoms with E-state index in [1.165, 1.54) is 6.07 Å². The van der Waals surface area contributed by atoms with E-state index in [0.717, 1.165) is 12.1 Å². The quantitative estimate of drug-likeness (QED) is 0.520. The van der Waals surface area contributed by atoms with Gasteiger partial charge in [0.1, 0.15) is 0 Å². The summed E-state index contributed by atoms with van der Waals surface area (Å²) in [6.07, 6.45) is -21.9. The van der Waals surface area contributed by atoms with Gasteiger partial charge in [0, 0.05) is 51.5 Å². The van der Waals surface area contributed by atoms with Crippen LogP contribution >= 0.6 is 0 Å². The van der Waals surface area contributed by atoms with E-state index in [2.05, 4.69) is 4.74 Å². The van der Waals surface area contributed by atoms with E-state index in [0.29, 0.717) is 10.5 Å². The molecule has 16 heteroatoms. The Hall–Kier alpha value is -2.91. The Balaban J connectivity index is 1.68. The smallest absolute Gasteiger partial charge is 0.434 e. The maximum Gasteiger partial charge on any atom is 0.434 e. The number of benzene rings is 1. The molecule has 2 heterocycles. The average Bonchev–Trinajstić information content (AvgIpc) is 2.81. The van der Waals surface area contributed by atoms with E-state index in [9.17, 15) is 54.2 Å². The second-order valence-electron chi connectivity index (χ2n) is 9.05. The third-order valence-corrected chi connectivity index (χ3v) is 6.44. The van der Waals surface area contributed by atoms with Gasteiger partial charge < -0.3 is 19.6 Å². The van der Waals surface area contributed by atoms with Crippen molar-refractivity contribution in [2.24, 2.45) is 5.92 Å². The predicted molar refractivity (Wildman–Crippen MR) is 113 cm³/mol. The highest BCUT2D eigenvalue weighted by molar-refractivity contribution is 5.70. The minimum absolute atomic E-state index is 0.0132. The summed E-state index contributed by atoms with van der Waals surface area (Å²) in [6.45, 7) is 0.0130. The molecule has 7 nitrogen and oxygen atoms in total. The predicted octanol–water partition coefficient (Wildman–Crippen LogP) is 4.75. The van der Waals surface area contributed by atoms with Crippen molar-refractivity contribution >= 4 is 17.7 Å². The molecule has 214 valence electrons. The van der Waals surface area contributed by atoms with Crippen LogP contribution in [0.3, 0.4) is 0 Å². The number of amides is 1. The number of carbonyl (C=O) groups excluding carboxylic acids is 1. The fourth-order valence-corrected chi connectivity index (χ4v) is 4.36. The molecule has 38 heavy (non-hydrogen) atoms. The van der Waals surface area contributed by atoms with Gasteiger partial charge in [-0.15, -0.1) is 0 Å². The van der Waals surface area contributed by atoms with E-state index in [4.69, 9.17) is 0 Å². The van der Waals surface area contributed by atoms with Crippen molar-refractivity contribution in [1.82, 2.24) is 9.80 Å². The van der Waals surface area contributed by atoms with Gasteiger partial charge in [-0.3, -0.25) is 9.69 Å². The van der Waals surface area contributed by atoms with Gasteiger partial charge in [-0.25, -0.2) is 4.79 Å².